The van der Waals surface area contributed by atoms with Crippen LogP contribution in [0.3, 0.4) is 0 Å². The highest BCUT2D eigenvalue weighted by Crippen LogP contribution is 2.18. The molecule has 6 N–H and O–H groups in total. The lowest BCUT2D eigenvalue weighted by atomic mass is 10.1. The summed E-state index contributed by atoms with van der Waals surface area (Å²) in [5, 5.41) is 42.5. The van der Waals surface area contributed by atoms with Crippen LogP contribution in [0.2, 0.25) is 0 Å². The summed E-state index contributed by atoms with van der Waals surface area (Å²) in [6, 6.07) is 13.7. The van der Waals surface area contributed by atoms with Crippen LogP contribution in [0, 0.1) is 0 Å². The molecule has 0 spiro atoms. The number of benzene rings is 3. The third kappa shape index (κ3) is 5.68. The molecule has 0 heterocycles. The van der Waals surface area contributed by atoms with E-state index in [0.29, 0.717) is 11.1 Å². The number of carboxylic acid groups (broad SMARTS) is 2. The van der Waals surface area contributed by atoms with E-state index in [1.54, 1.807) is 24.3 Å². The molecular weight excluding hydrogens is 444 g/mol. The van der Waals surface area contributed by atoms with Crippen molar-refractivity contribution in [2.24, 2.45) is 0 Å². The highest BCUT2D eigenvalue weighted by atomic mass is 16.4. The smallest absolute Gasteiger partial charge is 0.336 e. The zero-order valence-electron chi connectivity index (χ0n) is 17.6. The monoisotopic (exact) mass is 464 g/mol. The molecule has 0 radical (unpaired) electrons. The number of amides is 2. The number of nitrogens with one attached hydrogen (secondary N) is 2. The average molecular weight is 464 g/mol. The molecule has 34 heavy (non-hydrogen) atoms. The predicted octanol–water partition coefficient (Wildman–Crippen LogP) is 2.35. The van der Waals surface area contributed by atoms with Gasteiger partial charge in [0.15, 0.2) is 0 Å². The number of carboxylic acids is 2. The van der Waals surface area contributed by atoms with E-state index in [1.807, 2.05) is 0 Å². The number of carbonyl (C=O) groups excluding carboxylic acids is 2. The van der Waals surface area contributed by atoms with E-state index in [2.05, 4.69) is 10.6 Å². The first kappa shape index (κ1) is 23.8. The van der Waals surface area contributed by atoms with Gasteiger partial charge < -0.3 is 31.1 Å². The molecule has 0 bridgehead atoms. The quantitative estimate of drug-likeness (QED) is 0.295. The van der Waals surface area contributed by atoms with E-state index in [9.17, 15) is 39.6 Å². The van der Waals surface area contributed by atoms with Crippen LogP contribution >= 0.6 is 0 Å². The number of aromatic hydroxyl groups is 2. The minimum absolute atomic E-state index is 0.0837. The van der Waals surface area contributed by atoms with Gasteiger partial charge in [-0.15, -0.1) is 0 Å². The largest absolute Gasteiger partial charge is 0.508 e. The standard InChI is InChI=1S/C24H20N2O8/c27-15-5-7-17(19(9-15)23(31)32)21(29)25-11-13-1-2-14(4-3-13)12-26-22(30)18-8-6-16(28)10-20(18)24(33)34/h1-10,27-28H,11-12H2,(H,25,29)(H,26,30)(H,31,32)(H,33,34). The maximum Gasteiger partial charge on any atom is 0.336 e. The number of phenols is 2. The fourth-order valence-corrected chi connectivity index (χ4v) is 3.14. The Morgan fingerprint density at radius 1 is 0.559 bits per heavy atom. The lowest BCUT2D eigenvalue weighted by molar-refractivity contribution is 0.0682. The number of phenolic OH excluding ortho intramolecular Hbond substituents is 2. The first-order chi connectivity index (χ1) is 16.2. The van der Waals surface area contributed by atoms with Gasteiger partial charge in [-0.25, -0.2) is 9.59 Å². The van der Waals surface area contributed by atoms with E-state index < -0.39 is 23.8 Å². The van der Waals surface area contributed by atoms with Crippen molar-refractivity contribution >= 4 is 23.8 Å². The summed E-state index contributed by atoms with van der Waals surface area (Å²) in [5.41, 5.74) is 0.627. The zero-order valence-corrected chi connectivity index (χ0v) is 17.6. The highest BCUT2D eigenvalue weighted by molar-refractivity contribution is 6.05. The molecule has 0 aliphatic rings. The van der Waals surface area contributed by atoms with Crippen LogP contribution in [-0.2, 0) is 13.1 Å². The molecular formula is C24H20N2O8. The van der Waals surface area contributed by atoms with Crippen LogP contribution in [0.4, 0.5) is 0 Å². The van der Waals surface area contributed by atoms with Gasteiger partial charge in [0.1, 0.15) is 11.5 Å². The highest BCUT2D eigenvalue weighted by Gasteiger charge is 2.18. The minimum atomic E-state index is -1.34. The normalized spacial score (nSPS) is 10.4. The van der Waals surface area contributed by atoms with Gasteiger partial charge in [0, 0.05) is 13.1 Å². The second-order valence-corrected chi connectivity index (χ2v) is 7.25. The van der Waals surface area contributed by atoms with Crippen molar-refractivity contribution in [3.63, 3.8) is 0 Å². The zero-order chi connectivity index (χ0) is 24.8. The molecule has 174 valence electrons. The molecule has 0 fully saturated rings. The SMILES string of the molecule is O=C(O)c1cc(O)ccc1C(=O)NCc1ccc(CNC(=O)c2ccc(O)cc2C(=O)O)cc1. The molecule has 0 unspecified atom stereocenters. The summed E-state index contributed by atoms with van der Waals surface area (Å²) >= 11 is 0. The van der Waals surface area contributed by atoms with E-state index in [0.717, 1.165) is 12.1 Å². The maximum absolute atomic E-state index is 12.4. The Balaban J connectivity index is 1.59. The summed E-state index contributed by atoms with van der Waals surface area (Å²) in [5.74, 6) is -4.43. The first-order valence-electron chi connectivity index (χ1n) is 9.92. The number of aromatic carboxylic acids is 2. The summed E-state index contributed by atoms with van der Waals surface area (Å²) in [4.78, 5) is 47.3. The van der Waals surface area contributed by atoms with Crippen LogP contribution in [0.25, 0.3) is 0 Å². The molecule has 0 aliphatic heterocycles. The third-order valence-electron chi connectivity index (χ3n) is 4.89. The van der Waals surface area contributed by atoms with Crippen molar-refractivity contribution < 1.29 is 39.6 Å². The van der Waals surface area contributed by atoms with Crippen LogP contribution in [-0.4, -0.2) is 44.2 Å². The van der Waals surface area contributed by atoms with Crippen LogP contribution in [0.15, 0.2) is 60.7 Å². The summed E-state index contributed by atoms with van der Waals surface area (Å²) in [6.07, 6.45) is 0. The molecule has 0 aromatic heterocycles. The Bertz CT molecular complexity index is 1170. The topological polar surface area (TPSA) is 173 Å². The van der Waals surface area contributed by atoms with Gasteiger partial charge in [-0.05, 0) is 47.5 Å². The Hall–Kier alpha value is -4.86. The molecule has 3 aromatic carbocycles. The fraction of sp³-hybridized carbons (Fsp3) is 0.0833. The lowest BCUT2D eigenvalue weighted by Gasteiger charge is -2.10. The molecule has 0 aliphatic carbocycles. The summed E-state index contributed by atoms with van der Waals surface area (Å²) in [7, 11) is 0. The Morgan fingerprint density at radius 3 is 1.24 bits per heavy atom. The number of hydrogen-bond acceptors (Lipinski definition) is 6. The van der Waals surface area contributed by atoms with Crippen molar-refractivity contribution in [3.05, 3.63) is 94.0 Å². The van der Waals surface area contributed by atoms with Crippen molar-refractivity contribution in [2.45, 2.75) is 13.1 Å². The van der Waals surface area contributed by atoms with Gasteiger partial charge in [-0.1, -0.05) is 24.3 Å². The third-order valence-corrected chi connectivity index (χ3v) is 4.89. The van der Waals surface area contributed by atoms with Gasteiger partial charge in [-0.3, -0.25) is 9.59 Å². The Kier molecular flexibility index (Phi) is 7.12. The van der Waals surface area contributed by atoms with Crippen molar-refractivity contribution in [1.29, 1.82) is 0 Å². The molecule has 0 saturated carbocycles. The van der Waals surface area contributed by atoms with Gasteiger partial charge in [0.2, 0.25) is 0 Å². The average Bonchev–Trinajstić information content (AvgIpc) is 2.81. The number of carbonyl (C=O) groups is 4. The van der Waals surface area contributed by atoms with E-state index in [-0.39, 0.29) is 46.8 Å². The van der Waals surface area contributed by atoms with Crippen LogP contribution < -0.4 is 10.6 Å². The molecule has 0 saturated heterocycles. The fourth-order valence-electron chi connectivity index (χ4n) is 3.14. The Morgan fingerprint density at radius 2 is 0.912 bits per heavy atom. The predicted molar refractivity (Wildman–Crippen MR) is 119 cm³/mol. The number of rotatable bonds is 8. The van der Waals surface area contributed by atoms with Crippen LogP contribution in [0.5, 0.6) is 11.5 Å². The molecule has 10 nitrogen and oxygen atoms in total. The minimum Gasteiger partial charge on any atom is -0.508 e. The van der Waals surface area contributed by atoms with E-state index in [1.165, 1.54) is 24.3 Å². The van der Waals surface area contributed by atoms with Gasteiger partial charge >= 0.3 is 11.9 Å². The van der Waals surface area contributed by atoms with Crippen LogP contribution in [0.1, 0.15) is 52.6 Å². The molecule has 3 rings (SSSR count). The van der Waals surface area contributed by atoms with E-state index >= 15 is 0 Å². The lowest BCUT2D eigenvalue weighted by Crippen LogP contribution is -2.25. The molecule has 3 aromatic rings. The number of hydrogen-bond donors (Lipinski definition) is 6. The second kappa shape index (κ2) is 10.2. The summed E-state index contributed by atoms with van der Waals surface area (Å²) in [6.45, 7) is 0.224. The van der Waals surface area contributed by atoms with Crippen molar-refractivity contribution in [1.82, 2.24) is 10.6 Å². The van der Waals surface area contributed by atoms with Crippen molar-refractivity contribution in [3.8, 4) is 11.5 Å². The van der Waals surface area contributed by atoms with Gasteiger partial charge in [0.25, 0.3) is 11.8 Å². The summed E-state index contributed by atoms with van der Waals surface area (Å²) < 4.78 is 0. The molecule has 2 amide bonds. The Labute approximate surface area is 193 Å². The molecule has 10 heteroatoms. The maximum atomic E-state index is 12.4. The first-order valence-corrected chi connectivity index (χ1v) is 9.92. The molecule has 0 atom stereocenters. The second-order valence-electron chi connectivity index (χ2n) is 7.25. The van der Waals surface area contributed by atoms with Gasteiger partial charge in [0.05, 0.1) is 22.3 Å². The van der Waals surface area contributed by atoms with E-state index in [4.69, 9.17) is 0 Å². The van der Waals surface area contributed by atoms with Crippen molar-refractivity contribution in [2.75, 3.05) is 0 Å². The van der Waals surface area contributed by atoms with Gasteiger partial charge in [-0.2, -0.15) is 0 Å².